The number of amides is 1. The first-order valence-electron chi connectivity index (χ1n) is 11.4. The molecule has 2 heterocycles. The van der Waals surface area contributed by atoms with Crippen LogP contribution in [-0.4, -0.2) is 78.0 Å². The highest BCUT2D eigenvalue weighted by Gasteiger charge is 2.47. The average Bonchev–Trinajstić information content (AvgIpc) is 3.14. The van der Waals surface area contributed by atoms with Crippen LogP contribution in [-0.2, 0) is 14.3 Å². The minimum Gasteiger partial charge on any atom is -0.507 e. The average molecular weight is 482 g/mol. The third-order valence-electron chi connectivity index (χ3n) is 6.31. The van der Waals surface area contributed by atoms with E-state index in [2.05, 4.69) is 4.90 Å². The van der Waals surface area contributed by atoms with Gasteiger partial charge in [0.15, 0.2) is 0 Å². The van der Waals surface area contributed by atoms with Crippen LogP contribution in [0.1, 0.15) is 23.6 Å². The second-order valence-corrected chi connectivity index (χ2v) is 8.34. The van der Waals surface area contributed by atoms with Gasteiger partial charge in [-0.05, 0) is 36.8 Å². The fourth-order valence-electron chi connectivity index (χ4n) is 4.51. The summed E-state index contributed by atoms with van der Waals surface area (Å²) in [5, 5.41) is 22.9. The molecule has 10 nitrogen and oxygen atoms in total. The molecule has 0 aromatic heterocycles. The summed E-state index contributed by atoms with van der Waals surface area (Å²) in [7, 11) is 1.51. The van der Waals surface area contributed by atoms with E-state index in [1.54, 1.807) is 30.3 Å². The van der Waals surface area contributed by atoms with Crippen LogP contribution in [0.4, 0.5) is 5.69 Å². The minimum absolute atomic E-state index is 0.166. The number of likely N-dealkylation sites (tertiary alicyclic amines) is 1. The Labute approximate surface area is 202 Å². The number of methoxy groups -OCH3 is 1. The number of ether oxygens (including phenoxy) is 2. The number of benzene rings is 2. The number of nitro benzene ring substituents is 1. The third kappa shape index (κ3) is 5.03. The standard InChI is InChI=1S/C25H27N3O7/c1-34-18-9-7-17(8-10-18)23(29)21-22(19-5-2-3-6-20(19)28(32)33)27(25(31)24(21)30)12-4-11-26-13-15-35-16-14-26/h2-3,5-10,22,29H,4,11-16H2,1H3/b23-21+/t22-/m0/s1. The highest BCUT2D eigenvalue weighted by atomic mass is 16.6. The maximum Gasteiger partial charge on any atom is 0.295 e. The lowest BCUT2D eigenvalue weighted by Gasteiger charge is -2.29. The summed E-state index contributed by atoms with van der Waals surface area (Å²) < 4.78 is 10.5. The first kappa shape index (κ1) is 24.4. The Bertz CT molecular complexity index is 1140. The summed E-state index contributed by atoms with van der Waals surface area (Å²) in [6.45, 7) is 3.74. The van der Waals surface area contributed by atoms with Crippen molar-refractivity contribution in [1.29, 1.82) is 0 Å². The van der Waals surface area contributed by atoms with Crippen LogP contribution < -0.4 is 4.74 Å². The highest BCUT2D eigenvalue weighted by molar-refractivity contribution is 6.46. The summed E-state index contributed by atoms with van der Waals surface area (Å²) in [6.07, 6.45) is 0.562. The van der Waals surface area contributed by atoms with E-state index in [4.69, 9.17) is 9.47 Å². The van der Waals surface area contributed by atoms with Crippen molar-refractivity contribution < 1.29 is 29.1 Å². The quantitative estimate of drug-likeness (QED) is 0.201. The van der Waals surface area contributed by atoms with Crippen LogP contribution in [0.25, 0.3) is 5.76 Å². The molecule has 35 heavy (non-hydrogen) atoms. The molecule has 1 atom stereocenters. The van der Waals surface area contributed by atoms with Crippen molar-refractivity contribution in [3.63, 3.8) is 0 Å². The van der Waals surface area contributed by atoms with Gasteiger partial charge in [-0.15, -0.1) is 0 Å². The first-order chi connectivity index (χ1) is 16.9. The van der Waals surface area contributed by atoms with E-state index in [-0.39, 0.29) is 29.1 Å². The second kappa shape index (κ2) is 10.7. The molecule has 2 aromatic carbocycles. The molecule has 0 saturated carbocycles. The van der Waals surface area contributed by atoms with E-state index in [9.17, 15) is 24.8 Å². The van der Waals surface area contributed by atoms with Crippen molar-refractivity contribution in [1.82, 2.24) is 9.80 Å². The van der Waals surface area contributed by atoms with Gasteiger partial charge in [0.2, 0.25) is 0 Å². The van der Waals surface area contributed by atoms with Crippen LogP contribution >= 0.6 is 0 Å². The zero-order valence-corrected chi connectivity index (χ0v) is 19.4. The van der Waals surface area contributed by atoms with E-state index in [0.717, 1.165) is 13.1 Å². The number of hydrogen-bond acceptors (Lipinski definition) is 8. The number of hydrogen-bond donors (Lipinski definition) is 1. The van der Waals surface area contributed by atoms with Gasteiger partial charge in [-0.1, -0.05) is 12.1 Å². The van der Waals surface area contributed by atoms with Crippen LogP contribution in [0.5, 0.6) is 5.75 Å². The second-order valence-electron chi connectivity index (χ2n) is 8.34. The van der Waals surface area contributed by atoms with Crippen molar-refractivity contribution in [3.05, 3.63) is 75.3 Å². The Morgan fingerprint density at radius 2 is 1.80 bits per heavy atom. The zero-order valence-electron chi connectivity index (χ0n) is 19.4. The van der Waals surface area contributed by atoms with Gasteiger partial charge in [0, 0.05) is 37.8 Å². The van der Waals surface area contributed by atoms with E-state index in [0.29, 0.717) is 37.5 Å². The number of Topliss-reactive ketones (excluding diaryl/α,β-unsaturated/α-hetero) is 1. The molecule has 0 aliphatic carbocycles. The van der Waals surface area contributed by atoms with Crippen molar-refractivity contribution >= 4 is 23.1 Å². The number of carbonyl (C=O) groups excluding carboxylic acids is 2. The van der Waals surface area contributed by atoms with Gasteiger partial charge >= 0.3 is 0 Å². The number of rotatable bonds is 8. The van der Waals surface area contributed by atoms with E-state index < -0.39 is 22.7 Å². The van der Waals surface area contributed by atoms with Gasteiger partial charge in [0.1, 0.15) is 11.5 Å². The molecule has 0 spiro atoms. The lowest BCUT2D eigenvalue weighted by Crippen LogP contribution is -2.39. The van der Waals surface area contributed by atoms with Gasteiger partial charge in [0.05, 0.1) is 42.4 Å². The zero-order chi connectivity index (χ0) is 24.9. The van der Waals surface area contributed by atoms with Gasteiger partial charge in [-0.3, -0.25) is 24.6 Å². The number of aliphatic hydroxyl groups is 1. The Balaban J connectivity index is 1.73. The number of aliphatic hydroxyl groups excluding tert-OH is 1. The van der Waals surface area contributed by atoms with Crippen LogP contribution in [0, 0.1) is 10.1 Å². The van der Waals surface area contributed by atoms with E-state index >= 15 is 0 Å². The van der Waals surface area contributed by atoms with Crippen molar-refractivity contribution in [2.24, 2.45) is 0 Å². The number of para-hydroxylation sites is 1. The molecule has 0 unspecified atom stereocenters. The molecule has 10 heteroatoms. The normalized spacial score (nSPS) is 20.3. The Kier molecular flexibility index (Phi) is 7.42. The molecule has 2 aliphatic rings. The monoisotopic (exact) mass is 481 g/mol. The summed E-state index contributed by atoms with van der Waals surface area (Å²) >= 11 is 0. The largest absolute Gasteiger partial charge is 0.507 e. The minimum atomic E-state index is -1.08. The van der Waals surface area contributed by atoms with Gasteiger partial charge in [-0.25, -0.2) is 0 Å². The molecule has 2 aromatic rings. The summed E-state index contributed by atoms with van der Waals surface area (Å²) in [5.41, 5.74) is 0.0953. The van der Waals surface area contributed by atoms with Crippen LogP contribution in [0.2, 0.25) is 0 Å². The maximum absolute atomic E-state index is 13.2. The predicted octanol–water partition coefficient (Wildman–Crippen LogP) is 2.75. The predicted molar refractivity (Wildman–Crippen MR) is 127 cm³/mol. The SMILES string of the molecule is COc1ccc(/C(O)=C2\C(=O)C(=O)N(CCCN3CCOCC3)[C@H]2c2ccccc2[N+](=O)[O-])cc1. The fourth-order valence-corrected chi connectivity index (χ4v) is 4.51. The molecule has 184 valence electrons. The molecule has 2 aliphatic heterocycles. The molecule has 4 rings (SSSR count). The van der Waals surface area contributed by atoms with Gasteiger partial charge < -0.3 is 19.5 Å². The summed E-state index contributed by atoms with van der Waals surface area (Å²) in [5.74, 6) is -1.48. The molecule has 0 bridgehead atoms. The molecule has 2 fully saturated rings. The lowest BCUT2D eigenvalue weighted by molar-refractivity contribution is -0.385. The van der Waals surface area contributed by atoms with Crippen molar-refractivity contribution in [2.45, 2.75) is 12.5 Å². The summed E-state index contributed by atoms with van der Waals surface area (Å²) in [6, 6.07) is 11.3. The van der Waals surface area contributed by atoms with Gasteiger partial charge in [-0.2, -0.15) is 0 Å². The summed E-state index contributed by atoms with van der Waals surface area (Å²) in [4.78, 5) is 41.0. The fraction of sp³-hybridized carbons (Fsp3) is 0.360. The topological polar surface area (TPSA) is 122 Å². The number of carbonyl (C=O) groups is 2. The van der Waals surface area contributed by atoms with Crippen molar-refractivity contribution in [2.75, 3.05) is 46.5 Å². The number of morpholine rings is 1. The molecule has 1 amide bonds. The van der Waals surface area contributed by atoms with Crippen molar-refractivity contribution in [3.8, 4) is 5.75 Å². The Hall–Kier alpha value is -3.76. The highest BCUT2D eigenvalue weighted by Crippen LogP contribution is 2.42. The maximum atomic E-state index is 13.2. The van der Waals surface area contributed by atoms with Crippen LogP contribution in [0.15, 0.2) is 54.1 Å². The molecular formula is C25H27N3O7. The van der Waals surface area contributed by atoms with Gasteiger partial charge in [0.25, 0.3) is 17.4 Å². The first-order valence-corrected chi connectivity index (χ1v) is 11.4. The number of nitrogens with zero attached hydrogens (tertiary/aromatic N) is 3. The smallest absolute Gasteiger partial charge is 0.295 e. The third-order valence-corrected chi connectivity index (χ3v) is 6.31. The molecular weight excluding hydrogens is 454 g/mol. The Morgan fingerprint density at radius 3 is 2.46 bits per heavy atom. The lowest BCUT2D eigenvalue weighted by atomic mass is 9.94. The molecule has 2 saturated heterocycles. The number of ketones is 1. The molecule has 1 N–H and O–H groups in total. The number of nitro groups is 1. The van der Waals surface area contributed by atoms with E-state index in [1.165, 1.54) is 30.2 Å². The van der Waals surface area contributed by atoms with E-state index in [1.807, 2.05) is 0 Å². The Morgan fingerprint density at radius 1 is 1.11 bits per heavy atom. The van der Waals surface area contributed by atoms with Crippen LogP contribution in [0.3, 0.4) is 0 Å². The molecule has 0 radical (unpaired) electrons.